The number of benzene rings is 1. The van der Waals surface area contributed by atoms with Crippen molar-refractivity contribution in [2.45, 2.75) is 6.92 Å². The van der Waals surface area contributed by atoms with Gasteiger partial charge >= 0.3 is 0 Å². The second kappa shape index (κ2) is 4.71. The maximum absolute atomic E-state index is 13.1. The van der Waals surface area contributed by atoms with Crippen molar-refractivity contribution in [3.8, 4) is 0 Å². The number of hydrogen-bond acceptors (Lipinski definition) is 5. The van der Waals surface area contributed by atoms with Crippen LogP contribution in [-0.2, 0) is 0 Å². The Morgan fingerprint density at radius 3 is 2.84 bits per heavy atom. The predicted octanol–water partition coefficient (Wildman–Crippen LogP) is 3.93. The maximum atomic E-state index is 13.1. The van der Waals surface area contributed by atoms with E-state index in [1.54, 1.807) is 12.1 Å². The molecule has 96 valence electrons. The molecule has 0 fully saturated rings. The number of thiazole rings is 1. The van der Waals surface area contributed by atoms with E-state index < -0.39 is 0 Å². The SMILES string of the molecule is Cc1cc(Nc2nc3ccc(F)cc3s2)nc(Cl)n1. The van der Waals surface area contributed by atoms with Gasteiger partial charge in [-0.25, -0.2) is 19.3 Å². The molecule has 1 aromatic carbocycles. The second-order valence-electron chi connectivity index (χ2n) is 3.92. The highest BCUT2D eigenvalue weighted by molar-refractivity contribution is 7.22. The van der Waals surface area contributed by atoms with Crippen LogP contribution in [0.2, 0.25) is 5.28 Å². The molecular weight excluding hydrogens is 287 g/mol. The van der Waals surface area contributed by atoms with Gasteiger partial charge in [0.1, 0.15) is 11.6 Å². The number of nitrogens with zero attached hydrogens (tertiary/aromatic N) is 3. The van der Waals surface area contributed by atoms with Crippen LogP contribution in [0.25, 0.3) is 10.2 Å². The van der Waals surface area contributed by atoms with Crippen LogP contribution in [-0.4, -0.2) is 15.0 Å². The molecule has 19 heavy (non-hydrogen) atoms. The van der Waals surface area contributed by atoms with Crippen molar-refractivity contribution >= 4 is 44.1 Å². The van der Waals surface area contributed by atoms with E-state index >= 15 is 0 Å². The fourth-order valence-corrected chi connectivity index (χ4v) is 2.78. The molecule has 0 saturated carbocycles. The van der Waals surface area contributed by atoms with E-state index in [2.05, 4.69) is 20.3 Å². The summed E-state index contributed by atoms with van der Waals surface area (Å²) >= 11 is 7.14. The van der Waals surface area contributed by atoms with Crippen LogP contribution in [0.4, 0.5) is 15.3 Å². The van der Waals surface area contributed by atoms with Gasteiger partial charge in [-0.15, -0.1) is 0 Å². The number of halogens is 2. The highest BCUT2D eigenvalue weighted by Crippen LogP contribution is 2.28. The Kier molecular flexibility index (Phi) is 3.04. The van der Waals surface area contributed by atoms with E-state index in [9.17, 15) is 4.39 Å². The third kappa shape index (κ3) is 2.64. The summed E-state index contributed by atoms with van der Waals surface area (Å²) in [5, 5.41) is 3.85. The number of rotatable bonds is 2. The molecule has 1 N–H and O–H groups in total. The molecule has 0 aliphatic carbocycles. The first-order valence-corrected chi connectivity index (χ1v) is 6.64. The van der Waals surface area contributed by atoms with Crippen LogP contribution in [0.3, 0.4) is 0 Å². The maximum Gasteiger partial charge on any atom is 0.224 e. The van der Waals surface area contributed by atoms with E-state index in [-0.39, 0.29) is 11.1 Å². The van der Waals surface area contributed by atoms with E-state index in [1.807, 2.05) is 6.92 Å². The summed E-state index contributed by atoms with van der Waals surface area (Å²) < 4.78 is 13.9. The molecule has 3 rings (SSSR count). The molecule has 0 radical (unpaired) electrons. The molecule has 0 unspecified atom stereocenters. The minimum Gasteiger partial charge on any atom is -0.316 e. The molecule has 2 heterocycles. The van der Waals surface area contributed by atoms with Crippen molar-refractivity contribution in [3.63, 3.8) is 0 Å². The monoisotopic (exact) mass is 294 g/mol. The number of hydrogen-bond donors (Lipinski definition) is 1. The van der Waals surface area contributed by atoms with Gasteiger partial charge in [0.25, 0.3) is 0 Å². The summed E-state index contributed by atoms with van der Waals surface area (Å²) in [5.41, 5.74) is 1.50. The number of anilines is 2. The minimum atomic E-state index is -0.274. The predicted molar refractivity (Wildman–Crippen MR) is 74.6 cm³/mol. The van der Waals surface area contributed by atoms with Crippen LogP contribution in [0.15, 0.2) is 24.3 Å². The highest BCUT2D eigenvalue weighted by Gasteiger charge is 2.07. The zero-order valence-corrected chi connectivity index (χ0v) is 11.4. The van der Waals surface area contributed by atoms with Crippen LogP contribution < -0.4 is 5.32 Å². The molecule has 0 aliphatic heterocycles. The molecule has 0 aliphatic rings. The lowest BCUT2D eigenvalue weighted by Gasteiger charge is -2.02. The third-order valence-corrected chi connectivity index (χ3v) is 3.52. The van der Waals surface area contributed by atoms with Gasteiger partial charge in [-0.2, -0.15) is 0 Å². The summed E-state index contributed by atoms with van der Waals surface area (Å²) in [7, 11) is 0. The largest absolute Gasteiger partial charge is 0.316 e. The van der Waals surface area contributed by atoms with E-state index in [1.165, 1.54) is 23.5 Å². The molecule has 7 heteroatoms. The van der Waals surface area contributed by atoms with Crippen molar-refractivity contribution in [2.24, 2.45) is 0 Å². The quantitative estimate of drug-likeness (QED) is 0.728. The van der Waals surface area contributed by atoms with Crippen molar-refractivity contribution in [1.82, 2.24) is 15.0 Å². The van der Waals surface area contributed by atoms with Gasteiger partial charge in [-0.3, -0.25) is 0 Å². The summed E-state index contributed by atoms with van der Waals surface area (Å²) in [6.07, 6.45) is 0. The number of aryl methyl sites for hydroxylation is 1. The average Bonchev–Trinajstić information content (AvgIpc) is 2.68. The lowest BCUT2D eigenvalue weighted by Crippen LogP contribution is -1.96. The summed E-state index contributed by atoms with van der Waals surface area (Å²) in [6.45, 7) is 1.83. The van der Waals surface area contributed by atoms with E-state index in [0.29, 0.717) is 10.9 Å². The van der Waals surface area contributed by atoms with E-state index in [0.717, 1.165) is 15.9 Å². The molecule has 0 saturated heterocycles. The van der Waals surface area contributed by atoms with Gasteiger partial charge in [0, 0.05) is 11.8 Å². The first-order valence-electron chi connectivity index (χ1n) is 5.44. The Morgan fingerprint density at radius 2 is 2.05 bits per heavy atom. The van der Waals surface area contributed by atoms with Gasteiger partial charge in [0.05, 0.1) is 10.2 Å². The van der Waals surface area contributed by atoms with Gasteiger partial charge in [-0.1, -0.05) is 11.3 Å². The van der Waals surface area contributed by atoms with Crippen LogP contribution in [0.5, 0.6) is 0 Å². The first-order chi connectivity index (χ1) is 9.10. The Hall–Kier alpha value is -1.79. The molecule has 0 amide bonds. The normalized spacial score (nSPS) is 10.9. The van der Waals surface area contributed by atoms with Gasteiger partial charge in [0.15, 0.2) is 5.13 Å². The Labute approximate surface area is 117 Å². The van der Waals surface area contributed by atoms with Crippen LogP contribution >= 0.6 is 22.9 Å². The van der Waals surface area contributed by atoms with Gasteiger partial charge < -0.3 is 5.32 Å². The molecule has 2 aromatic heterocycles. The Morgan fingerprint density at radius 1 is 1.21 bits per heavy atom. The highest BCUT2D eigenvalue weighted by atomic mass is 35.5. The standard InChI is InChI=1S/C12H8ClFN4S/c1-6-4-10(17-11(13)15-6)18-12-16-8-3-2-7(14)5-9(8)19-12/h2-5H,1H3,(H,15,16,17,18). The summed E-state index contributed by atoms with van der Waals surface area (Å²) in [6, 6.07) is 6.25. The zero-order valence-electron chi connectivity index (χ0n) is 9.82. The zero-order chi connectivity index (χ0) is 13.4. The number of aromatic nitrogens is 3. The minimum absolute atomic E-state index is 0.176. The molecule has 0 spiro atoms. The number of fused-ring (bicyclic) bond motifs is 1. The van der Waals surface area contributed by atoms with Crippen LogP contribution in [0.1, 0.15) is 5.69 Å². The van der Waals surface area contributed by atoms with Crippen molar-refractivity contribution < 1.29 is 4.39 Å². The summed E-state index contributed by atoms with van der Waals surface area (Å²) in [5.74, 6) is 0.292. The molecule has 4 nitrogen and oxygen atoms in total. The third-order valence-electron chi connectivity index (χ3n) is 2.41. The van der Waals surface area contributed by atoms with Gasteiger partial charge in [0.2, 0.25) is 5.28 Å². The molecular formula is C12H8ClFN4S. The van der Waals surface area contributed by atoms with Crippen molar-refractivity contribution in [3.05, 3.63) is 41.1 Å². The lowest BCUT2D eigenvalue weighted by atomic mass is 10.3. The summed E-state index contributed by atoms with van der Waals surface area (Å²) in [4.78, 5) is 12.4. The molecule has 3 aromatic rings. The topological polar surface area (TPSA) is 50.7 Å². The fourth-order valence-electron chi connectivity index (χ4n) is 1.66. The smallest absolute Gasteiger partial charge is 0.224 e. The van der Waals surface area contributed by atoms with Crippen molar-refractivity contribution in [2.75, 3.05) is 5.32 Å². The Balaban J connectivity index is 1.96. The lowest BCUT2D eigenvalue weighted by molar-refractivity contribution is 0.630. The van der Waals surface area contributed by atoms with Gasteiger partial charge in [-0.05, 0) is 36.7 Å². The molecule has 0 atom stereocenters. The second-order valence-corrected chi connectivity index (χ2v) is 5.29. The molecule has 0 bridgehead atoms. The van der Waals surface area contributed by atoms with E-state index in [4.69, 9.17) is 11.6 Å². The Bertz CT molecular complexity index is 738. The number of nitrogens with one attached hydrogen (secondary N) is 1. The fraction of sp³-hybridized carbons (Fsp3) is 0.0833. The van der Waals surface area contributed by atoms with Crippen LogP contribution in [0, 0.1) is 12.7 Å². The first kappa shape index (κ1) is 12.3. The average molecular weight is 295 g/mol. The van der Waals surface area contributed by atoms with Crippen molar-refractivity contribution in [1.29, 1.82) is 0 Å².